The number of carbonyl (C=O) groups is 1. The summed E-state index contributed by atoms with van der Waals surface area (Å²) in [5, 5.41) is 5.34. The molecule has 4 rings (SSSR count). The van der Waals surface area contributed by atoms with Crippen molar-refractivity contribution < 1.29 is 19.0 Å². The highest BCUT2D eigenvalue weighted by molar-refractivity contribution is 7.99. The average Bonchev–Trinajstić information content (AvgIpc) is 3.32. The lowest BCUT2D eigenvalue weighted by Crippen LogP contribution is -2.22. The zero-order chi connectivity index (χ0) is 24.2. The Morgan fingerprint density at radius 2 is 1.82 bits per heavy atom. The molecule has 176 valence electrons. The summed E-state index contributed by atoms with van der Waals surface area (Å²) in [5.74, 6) is 1.20. The molecule has 0 aliphatic carbocycles. The predicted molar refractivity (Wildman–Crippen MR) is 136 cm³/mol. The van der Waals surface area contributed by atoms with Crippen LogP contribution in [0.2, 0.25) is 5.02 Å². The van der Waals surface area contributed by atoms with Crippen LogP contribution in [0.3, 0.4) is 0 Å². The van der Waals surface area contributed by atoms with Gasteiger partial charge in [0.2, 0.25) is 5.91 Å². The molecule has 0 unspecified atom stereocenters. The zero-order valence-corrected chi connectivity index (χ0v) is 20.8. The summed E-state index contributed by atoms with van der Waals surface area (Å²) in [7, 11) is 4.56. The lowest BCUT2D eigenvalue weighted by molar-refractivity contribution is -0.113. The van der Waals surface area contributed by atoms with Crippen LogP contribution in [0.4, 0.5) is 5.69 Å². The molecule has 2 aromatic heterocycles. The highest BCUT2D eigenvalue weighted by Crippen LogP contribution is 2.36. The number of carbonyl (C=O) groups excluding carboxylic acids is 1. The third-order valence-corrected chi connectivity index (χ3v) is 6.99. The van der Waals surface area contributed by atoms with Crippen LogP contribution < -0.4 is 25.1 Å². The summed E-state index contributed by atoms with van der Waals surface area (Å²) in [5.41, 5.74) is 1.43. The second-order valence-corrected chi connectivity index (χ2v) is 9.16. The van der Waals surface area contributed by atoms with Crippen LogP contribution in [-0.2, 0) is 4.79 Å². The second kappa shape index (κ2) is 10.4. The normalized spacial score (nSPS) is 10.8. The topological polar surface area (TPSA) is 91.7 Å². The van der Waals surface area contributed by atoms with Crippen LogP contribution in [0.15, 0.2) is 57.8 Å². The summed E-state index contributed by atoms with van der Waals surface area (Å²) < 4.78 is 17.8. The van der Waals surface area contributed by atoms with Crippen molar-refractivity contribution in [1.29, 1.82) is 0 Å². The van der Waals surface area contributed by atoms with E-state index >= 15 is 0 Å². The minimum atomic E-state index is -0.314. The Morgan fingerprint density at radius 1 is 1.09 bits per heavy atom. The van der Waals surface area contributed by atoms with Gasteiger partial charge in [0.05, 0.1) is 49.0 Å². The van der Waals surface area contributed by atoms with Crippen molar-refractivity contribution in [2.75, 3.05) is 32.4 Å². The fourth-order valence-corrected chi connectivity index (χ4v) is 5.04. The van der Waals surface area contributed by atoms with Gasteiger partial charge in [0.25, 0.3) is 5.56 Å². The molecule has 0 spiro atoms. The second-order valence-electron chi connectivity index (χ2n) is 6.89. The molecule has 0 bridgehead atoms. The average molecular weight is 518 g/mol. The molecule has 34 heavy (non-hydrogen) atoms. The Kier molecular flexibility index (Phi) is 7.30. The number of rotatable bonds is 8. The minimum absolute atomic E-state index is 0.00500. The molecule has 0 atom stereocenters. The quantitative estimate of drug-likeness (QED) is 0.263. The van der Waals surface area contributed by atoms with Gasteiger partial charge in [-0.1, -0.05) is 23.4 Å². The smallest absolute Gasteiger partial charge is 0.276 e. The van der Waals surface area contributed by atoms with E-state index in [0.717, 1.165) is 11.8 Å². The van der Waals surface area contributed by atoms with Gasteiger partial charge in [0, 0.05) is 6.07 Å². The number of halogens is 1. The third-order valence-electron chi connectivity index (χ3n) is 4.86. The predicted octanol–water partition coefficient (Wildman–Crippen LogP) is 4.86. The van der Waals surface area contributed by atoms with Gasteiger partial charge in [-0.25, -0.2) is 4.98 Å². The van der Waals surface area contributed by atoms with Crippen molar-refractivity contribution >= 4 is 56.5 Å². The number of amides is 1. The summed E-state index contributed by atoms with van der Waals surface area (Å²) in [6, 6.07) is 12.0. The number of aromatic nitrogens is 2. The number of nitrogens with zero attached hydrogens (tertiary/aromatic N) is 2. The first-order valence-electron chi connectivity index (χ1n) is 9.94. The van der Waals surface area contributed by atoms with Gasteiger partial charge >= 0.3 is 0 Å². The van der Waals surface area contributed by atoms with E-state index in [0.29, 0.717) is 49.0 Å². The van der Waals surface area contributed by atoms with E-state index in [-0.39, 0.29) is 17.2 Å². The summed E-state index contributed by atoms with van der Waals surface area (Å²) in [4.78, 5) is 30.6. The Labute approximate surface area is 208 Å². The van der Waals surface area contributed by atoms with E-state index in [1.54, 1.807) is 49.6 Å². The number of thiophene rings is 1. The van der Waals surface area contributed by atoms with Gasteiger partial charge in [-0.2, -0.15) is 0 Å². The number of benzene rings is 2. The molecule has 0 fully saturated rings. The Morgan fingerprint density at radius 3 is 2.50 bits per heavy atom. The molecular weight excluding hydrogens is 498 g/mol. The minimum Gasteiger partial charge on any atom is -0.497 e. The zero-order valence-electron chi connectivity index (χ0n) is 18.5. The Balaban J connectivity index is 1.61. The number of methoxy groups -OCH3 is 3. The number of fused-ring (bicyclic) bond motifs is 1. The van der Waals surface area contributed by atoms with Gasteiger partial charge in [-0.3, -0.25) is 14.2 Å². The van der Waals surface area contributed by atoms with Crippen molar-refractivity contribution in [2.45, 2.75) is 5.16 Å². The van der Waals surface area contributed by atoms with Gasteiger partial charge < -0.3 is 19.5 Å². The van der Waals surface area contributed by atoms with Crippen LogP contribution in [0.5, 0.6) is 17.2 Å². The fraction of sp³-hybridized carbons (Fsp3) is 0.174. The third kappa shape index (κ3) is 4.84. The molecule has 0 radical (unpaired) electrons. The monoisotopic (exact) mass is 517 g/mol. The van der Waals surface area contributed by atoms with E-state index in [4.69, 9.17) is 25.8 Å². The Hall–Kier alpha value is -3.21. The molecule has 2 heterocycles. The SMILES string of the molecule is COc1ccc(-n2c(SCC(=O)Nc3cc(Cl)c(OC)cc3OC)nc3ccsc3c2=O)cc1. The lowest BCUT2D eigenvalue weighted by Gasteiger charge is -2.14. The van der Waals surface area contributed by atoms with Gasteiger partial charge in [-0.15, -0.1) is 11.3 Å². The largest absolute Gasteiger partial charge is 0.497 e. The highest BCUT2D eigenvalue weighted by Gasteiger charge is 2.17. The van der Waals surface area contributed by atoms with Crippen molar-refractivity contribution in [3.05, 3.63) is 63.2 Å². The molecular formula is C23H20ClN3O5S2. The first-order chi connectivity index (χ1) is 16.4. The maximum atomic E-state index is 13.2. The number of ether oxygens (including phenoxy) is 3. The summed E-state index contributed by atoms with van der Waals surface area (Å²) in [6.45, 7) is 0. The molecule has 0 saturated heterocycles. The van der Waals surface area contributed by atoms with Gasteiger partial charge in [0.1, 0.15) is 21.9 Å². The molecule has 11 heteroatoms. The van der Waals surface area contributed by atoms with Crippen molar-refractivity contribution in [2.24, 2.45) is 0 Å². The van der Waals surface area contributed by atoms with E-state index in [9.17, 15) is 9.59 Å². The standard InChI is InChI=1S/C23H20ClN3O5S2/c1-30-14-6-4-13(5-7-14)27-22(29)21-16(8-9-33-21)26-23(27)34-12-20(28)25-17-10-15(24)18(31-2)11-19(17)32-3/h4-11H,12H2,1-3H3,(H,25,28). The maximum absolute atomic E-state index is 13.2. The number of hydrogen-bond acceptors (Lipinski definition) is 8. The van der Waals surface area contributed by atoms with E-state index < -0.39 is 0 Å². The fourth-order valence-electron chi connectivity index (χ4n) is 3.22. The van der Waals surface area contributed by atoms with E-state index in [1.807, 2.05) is 5.38 Å². The van der Waals surface area contributed by atoms with Gasteiger partial charge in [0.15, 0.2) is 5.16 Å². The molecule has 1 N–H and O–H groups in total. The van der Waals surface area contributed by atoms with Crippen molar-refractivity contribution in [1.82, 2.24) is 9.55 Å². The molecule has 4 aromatic rings. The van der Waals surface area contributed by atoms with Crippen LogP contribution in [-0.4, -0.2) is 42.5 Å². The highest BCUT2D eigenvalue weighted by atomic mass is 35.5. The van der Waals surface area contributed by atoms with Gasteiger partial charge in [-0.05, 0) is 41.8 Å². The summed E-state index contributed by atoms with van der Waals surface area (Å²) in [6.07, 6.45) is 0. The molecule has 0 aliphatic rings. The molecule has 0 saturated carbocycles. The van der Waals surface area contributed by atoms with Crippen molar-refractivity contribution in [3.63, 3.8) is 0 Å². The molecule has 1 amide bonds. The van der Waals surface area contributed by atoms with E-state index in [1.165, 1.54) is 30.1 Å². The van der Waals surface area contributed by atoms with Crippen molar-refractivity contribution in [3.8, 4) is 22.9 Å². The van der Waals surface area contributed by atoms with Crippen LogP contribution >= 0.6 is 34.7 Å². The first-order valence-corrected chi connectivity index (χ1v) is 12.2. The number of anilines is 1. The maximum Gasteiger partial charge on any atom is 0.276 e. The number of nitrogens with one attached hydrogen (secondary N) is 1. The molecule has 0 aliphatic heterocycles. The van der Waals surface area contributed by atoms with Crippen LogP contribution in [0.1, 0.15) is 0 Å². The van der Waals surface area contributed by atoms with Crippen LogP contribution in [0, 0.1) is 0 Å². The Bertz CT molecular complexity index is 1400. The number of thioether (sulfide) groups is 1. The summed E-state index contributed by atoms with van der Waals surface area (Å²) >= 11 is 8.67. The van der Waals surface area contributed by atoms with Crippen LogP contribution in [0.25, 0.3) is 15.9 Å². The molecule has 8 nitrogen and oxygen atoms in total. The van der Waals surface area contributed by atoms with E-state index in [2.05, 4.69) is 10.3 Å². The lowest BCUT2D eigenvalue weighted by atomic mass is 10.2. The first kappa shape index (κ1) is 23.9. The molecule has 2 aromatic carbocycles. The number of hydrogen-bond donors (Lipinski definition) is 1.